The number of alkyl halides is 3. The summed E-state index contributed by atoms with van der Waals surface area (Å²) < 4.78 is 39.6. The highest BCUT2D eigenvalue weighted by Gasteiger charge is 2.27. The predicted octanol–water partition coefficient (Wildman–Crippen LogP) is 2.75. The molecule has 0 spiro atoms. The Kier molecular flexibility index (Phi) is 4.55. The third-order valence-corrected chi connectivity index (χ3v) is 2.85. The lowest BCUT2D eigenvalue weighted by atomic mass is 10.4. The minimum absolute atomic E-state index is 0.0111. The first-order valence-electron chi connectivity index (χ1n) is 4.71. The first-order chi connectivity index (χ1) is 7.38. The summed E-state index contributed by atoms with van der Waals surface area (Å²) in [4.78, 5) is 5.28. The van der Waals surface area contributed by atoms with E-state index in [1.807, 2.05) is 13.8 Å². The zero-order valence-electron chi connectivity index (χ0n) is 9.02. The molecule has 0 aliphatic carbocycles. The van der Waals surface area contributed by atoms with Crippen molar-refractivity contribution in [1.82, 2.24) is 4.98 Å². The monoisotopic (exact) mass is 254 g/mol. The van der Waals surface area contributed by atoms with Gasteiger partial charge in [0.1, 0.15) is 6.61 Å². The van der Waals surface area contributed by atoms with Crippen molar-refractivity contribution in [3.63, 3.8) is 0 Å². The largest absolute Gasteiger partial charge is 0.411 e. The molecule has 1 rings (SSSR count). The summed E-state index contributed by atoms with van der Waals surface area (Å²) in [5, 5.41) is 3.62. The van der Waals surface area contributed by atoms with E-state index < -0.39 is 12.8 Å². The van der Waals surface area contributed by atoms with Crippen LogP contribution in [0.5, 0.6) is 0 Å². The van der Waals surface area contributed by atoms with Gasteiger partial charge < -0.3 is 10.1 Å². The van der Waals surface area contributed by atoms with E-state index in [1.165, 1.54) is 11.3 Å². The molecule has 1 aromatic heterocycles. The van der Waals surface area contributed by atoms with Gasteiger partial charge in [-0.1, -0.05) is 0 Å². The second-order valence-corrected chi connectivity index (χ2v) is 4.46. The number of ether oxygens (including phenoxy) is 1. The van der Waals surface area contributed by atoms with Crippen LogP contribution in [0.15, 0.2) is 0 Å². The average molecular weight is 254 g/mol. The molecule has 7 heteroatoms. The van der Waals surface area contributed by atoms with Gasteiger partial charge in [-0.3, -0.25) is 0 Å². The molecular formula is C9H13F3N2OS. The number of thiazole rings is 1. The van der Waals surface area contributed by atoms with Crippen LogP contribution < -0.4 is 5.32 Å². The Morgan fingerprint density at radius 1 is 1.38 bits per heavy atom. The van der Waals surface area contributed by atoms with E-state index in [9.17, 15) is 13.2 Å². The average Bonchev–Trinajstić information content (AvgIpc) is 2.44. The first kappa shape index (κ1) is 13.2. The quantitative estimate of drug-likeness (QED) is 0.820. The number of hydrogen-bond donors (Lipinski definition) is 1. The van der Waals surface area contributed by atoms with Crippen LogP contribution >= 0.6 is 11.3 Å². The molecule has 0 aliphatic rings. The van der Waals surface area contributed by atoms with Crippen LogP contribution in [-0.2, 0) is 4.74 Å². The molecule has 16 heavy (non-hydrogen) atoms. The third-order valence-electron chi connectivity index (χ3n) is 1.82. The van der Waals surface area contributed by atoms with E-state index in [4.69, 9.17) is 0 Å². The topological polar surface area (TPSA) is 34.2 Å². The molecule has 0 saturated heterocycles. The number of nitrogens with zero attached hydrogens (tertiary/aromatic N) is 1. The number of aryl methyl sites for hydroxylation is 2. The molecule has 0 radical (unpaired) electrons. The van der Waals surface area contributed by atoms with Crippen molar-refractivity contribution in [3.8, 4) is 0 Å². The maximum Gasteiger partial charge on any atom is 0.411 e. The molecule has 0 fully saturated rings. The SMILES string of the molecule is Cc1nc(NCCOCC(F)(F)F)sc1C. The fourth-order valence-electron chi connectivity index (χ4n) is 0.966. The molecule has 1 N–H and O–H groups in total. The minimum Gasteiger partial charge on any atom is -0.370 e. The van der Waals surface area contributed by atoms with Gasteiger partial charge in [-0.2, -0.15) is 13.2 Å². The van der Waals surface area contributed by atoms with Crippen molar-refractivity contribution in [2.45, 2.75) is 20.0 Å². The molecule has 3 nitrogen and oxygen atoms in total. The summed E-state index contributed by atoms with van der Waals surface area (Å²) in [7, 11) is 0. The molecule has 92 valence electrons. The normalized spacial score (nSPS) is 11.8. The molecule has 0 bridgehead atoms. The smallest absolute Gasteiger partial charge is 0.370 e. The van der Waals surface area contributed by atoms with Crippen LogP contribution in [0.2, 0.25) is 0 Å². The van der Waals surface area contributed by atoms with E-state index in [-0.39, 0.29) is 6.61 Å². The minimum atomic E-state index is -4.26. The maximum absolute atomic E-state index is 11.7. The van der Waals surface area contributed by atoms with Crippen LogP contribution in [0.4, 0.5) is 18.3 Å². The van der Waals surface area contributed by atoms with Crippen molar-refractivity contribution >= 4 is 16.5 Å². The van der Waals surface area contributed by atoms with Crippen LogP contribution in [0.3, 0.4) is 0 Å². The second-order valence-electron chi connectivity index (χ2n) is 3.26. The summed E-state index contributed by atoms with van der Waals surface area (Å²) in [5.74, 6) is 0. The van der Waals surface area contributed by atoms with Crippen molar-refractivity contribution < 1.29 is 17.9 Å². The molecule has 0 aliphatic heterocycles. The number of nitrogens with one attached hydrogen (secondary N) is 1. The Morgan fingerprint density at radius 3 is 2.56 bits per heavy atom. The van der Waals surface area contributed by atoms with E-state index in [0.29, 0.717) is 11.7 Å². The van der Waals surface area contributed by atoms with Gasteiger partial charge in [-0.25, -0.2) is 4.98 Å². The highest BCUT2D eigenvalue weighted by molar-refractivity contribution is 7.15. The number of halogens is 3. The fraction of sp³-hybridized carbons (Fsp3) is 0.667. The number of hydrogen-bond acceptors (Lipinski definition) is 4. The van der Waals surface area contributed by atoms with Gasteiger partial charge in [-0.05, 0) is 13.8 Å². The van der Waals surface area contributed by atoms with Gasteiger partial charge in [0.2, 0.25) is 0 Å². The lowest BCUT2D eigenvalue weighted by molar-refractivity contribution is -0.172. The van der Waals surface area contributed by atoms with Crippen LogP contribution in [0.25, 0.3) is 0 Å². The van der Waals surface area contributed by atoms with E-state index in [1.54, 1.807) is 0 Å². The van der Waals surface area contributed by atoms with Crippen LogP contribution in [-0.4, -0.2) is 30.9 Å². The second kappa shape index (κ2) is 5.49. The number of rotatable bonds is 5. The molecule has 0 saturated carbocycles. The van der Waals surface area contributed by atoms with E-state index in [2.05, 4.69) is 15.0 Å². The predicted molar refractivity (Wildman–Crippen MR) is 57.0 cm³/mol. The lowest BCUT2D eigenvalue weighted by Crippen LogP contribution is -2.20. The van der Waals surface area contributed by atoms with Gasteiger partial charge in [0.15, 0.2) is 5.13 Å². The molecule has 1 aromatic rings. The van der Waals surface area contributed by atoms with Crippen molar-refractivity contribution in [1.29, 1.82) is 0 Å². The standard InChI is InChI=1S/C9H13F3N2OS/c1-6-7(2)16-8(14-6)13-3-4-15-5-9(10,11)12/h3-5H2,1-2H3,(H,13,14). The van der Waals surface area contributed by atoms with E-state index >= 15 is 0 Å². The Morgan fingerprint density at radius 2 is 2.06 bits per heavy atom. The molecular weight excluding hydrogens is 241 g/mol. The summed E-state index contributed by atoms with van der Waals surface area (Å²) in [6, 6.07) is 0. The highest BCUT2D eigenvalue weighted by Crippen LogP contribution is 2.20. The Hall–Kier alpha value is -0.820. The van der Waals surface area contributed by atoms with Crippen molar-refractivity contribution in [2.75, 3.05) is 25.1 Å². The summed E-state index contributed by atoms with van der Waals surface area (Å²) in [5.41, 5.74) is 0.934. The van der Waals surface area contributed by atoms with Crippen molar-refractivity contribution in [2.24, 2.45) is 0 Å². The first-order valence-corrected chi connectivity index (χ1v) is 5.52. The molecule has 0 unspecified atom stereocenters. The summed E-state index contributed by atoms with van der Waals surface area (Å²) in [6.45, 7) is 2.96. The van der Waals surface area contributed by atoms with Gasteiger partial charge in [0, 0.05) is 11.4 Å². The van der Waals surface area contributed by atoms with Gasteiger partial charge in [0.25, 0.3) is 0 Å². The lowest BCUT2D eigenvalue weighted by Gasteiger charge is -2.07. The Labute approximate surface area is 95.6 Å². The third kappa shape index (κ3) is 4.80. The van der Waals surface area contributed by atoms with Crippen molar-refractivity contribution in [3.05, 3.63) is 10.6 Å². The summed E-state index contributed by atoms with van der Waals surface area (Å²) in [6.07, 6.45) is -4.26. The zero-order valence-corrected chi connectivity index (χ0v) is 9.84. The number of anilines is 1. The Bertz CT molecular complexity index is 318. The fourth-order valence-corrected chi connectivity index (χ4v) is 1.81. The zero-order chi connectivity index (χ0) is 12.2. The number of aromatic nitrogens is 1. The molecule has 0 aromatic carbocycles. The van der Waals surface area contributed by atoms with Gasteiger partial charge >= 0.3 is 6.18 Å². The van der Waals surface area contributed by atoms with E-state index in [0.717, 1.165) is 10.6 Å². The molecule has 0 amide bonds. The maximum atomic E-state index is 11.7. The van der Waals surface area contributed by atoms with Gasteiger partial charge in [0.05, 0.1) is 12.3 Å². The molecule has 0 atom stereocenters. The van der Waals surface area contributed by atoms with Gasteiger partial charge in [-0.15, -0.1) is 11.3 Å². The van der Waals surface area contributed by atoms with Crippen LogP contribution in [0.1, 0.15) is 10.6 Å². The highest BCUT2D eigenvalue weighted by atomic mass is 32.1. The van der Waals surface area contributed by atoms with Crippen LogP contribution in [0, 0.1) is 13.8 Å². The molecule has 1 heterocycles. The summed E-state index contributed by atoms with van der Waals surface area (Å²) >= 11 is 1.48. The Balaban J connectivity index is 2.16.